The zero-order valence-electron chi connectivity index (χ0n) is 9.25. The molecule has 0 aliphatic carbocycles. The first-order chi connectivity index (χ1) is 8.04. The van der Waals surface area contributed by atoms with Crippen LogP contribution < -0.4 is 10.5 Å². The smallest absolute Gasteiger partial charge is 0.280 e. The molecule has 0 unspecified atom stereocenters. The molecule has 6 heteroatoms. The number of primary amides is 1. The minimum absolute atomic E-state index is 0.0448. The molecular formula is C11H12N2O4. The van der Waals surface area contributed by atoms with E-state index in [-0.39, 0.29) is 12.1 Å². The number of carbonyl (C=O) groups excluding carboxylic acids is 1. The molecule has 0 saturated carbocycles. The molecule has 0 bridgehead atoms. The van der Waals surface area contributed by atoms with Crippen molar-refractivity contribution in [1.29, 1.82) is 0 Å². The molecule has 0 radical (unpaired) electrons. The normalized spacial score (nSPS) is 10.4. The van der Waals surface area contributed by atoms with Crippen LogP contribution in [0, 0.1) is 10.1 Å². The molecule has 0 spiro atoms. The zero-order valence-corrected chi connectivity index (χ0v) is 9.25. The maximum Gasteiger partial charge on any atom is 0.280 e. The molecule has 0 heterocycles. The summed E-state index contributed by atoms with van der Waals surface area (Å²) in [4.78, 5) is 20.8. The standard InChI is InChI=1S/C11H12N2O4/c1-17-9-6-5-8(3-2-4-11(12)14)10(7-9)13(15)16/h2-3,5-7H,4H2,1H3,(H2,12,14). The van der Waals surface area contributed by atoms with Crippen molar-refractivity contribution in [1.82, 2.24) is 0 Å². The van der Waals surface area contributed by atoms with Gasteiger partial charge in [0.15, 0.2) is 0 Å². The van der Waals surface area contributed by atoms with E-state index in [0.29, 0.717) is 11.3 Å². The molecule has 2 N–H and O–H groups in total. The molecule has 0 saturated heterocycles. The molecule has 90 valence electrons. The van der Waals surface area contributed by atoms with E-state index in [4.69, 9.17) is 10.5 Å². The van der Waals surface area contributed by atoms with E-state index in [2.05, 4.69) is 0 Å². The molecule has 1 aromatic rings. The van der Waals surface area contributed by atoms with Gasteiger partial charge in [-0.1, -0.05) is 12.2 Å². The maximum absolute atomic E-state index is 10.8. The summed E-state index contributed by atoms with van der Waals surface area (Å²) in [7, 11) is 1.43. The second-order valence-corrected chi connectivity index (χ2v) is 3.25. The van der Waals surface area contributed by atoms with Crippen LogP contribution in [0.1, 0.15) is 12.0 Å². The number of rotatable bonds is 5. The van der Waals surface area contributed by atoms with Gasteiger partial charge in [0.2, 0.25) is 5.91 Å². The van der Waals surface area contributed by atoms with E-state index >= 15 is 0 Å². The van der Waals surface area contributed by atoms with Crippen molar-refractivity contribution in [2.45, 2.75) is 6.42 Å². The van der Waals surface area contributed by atoms with E-state index < -0.39 is 10.8 Å². The Bertz CT molecular complexity index is 469. The summed E-state index contributed by atoms with van der Waals surface area (Å²) in [6.07, 6.45) is 3.02. The van der Waals surface area contributed by atoms with Gasteiger partial charge in [-0.3, -0.25) is 14.9 Å². The van der Waals surface area contributed by atoms with Gasteiger partial charge in [-0.15, -0.1) is 0 Å². The minimum atomic E-state index is -0.507. The van der Waals surface area contributed by atoms with E-state index in [1.807, 2.05) is 0 Å². The fourth-order valence-electron chi connectivity index (χ4n) is 1.25. The van der Waals surface area contributed by atoms with Crippen LogP contribution in [0.4, 0.5) is 5.69 Å². The fourth-order valence-corrected chi connectivity index (χ4v) is 1.25. The van der Waals surface area contributed by atoms with Crippen LogP contribution in [0.15, 0.2) is 24.3 Å². The van der Waals surface area contributed by atoms with Gasteiger partial charge < -0.3 is 10.5 Å². The van der Waals surface area contributed by atoms with Crippen LogP contribution in [0.2, 0.25) is 0 Å². The van der Waals surface area contributed by atoms with E-state index in [1.54, 1.807) is 12.1 Å². The largest absolute Gasteiger partial charge is 0.497 e. The summed E-state index contributed by atoms with van der Waals surface area (Å²) in [5.74, 6) is -0.0823. The lowest BCUT2D eigenvalue weighted by Crippen LogP contribution is -2.07. The van der Waals surface area contributed by atoms with Gasteiger partial charge in [0.1, 0.15) is 5.75 Å². The number of methoxy groups -OCH3 is 1. The molecule has 0 atom stereocenters. The predicted octanol–water partition coefficient (Wildman–Crippen LogP) is 1.49. The number of carbonyl (C=O) groups is 1. The number of nitrogens with zero attached hydrogens (tertiary/aromatic N) is 1. The highest BCUT2D eigenvalue weighted by molar-refractivity contribution is 5.77. The van der Waals surface area contributed by atoms with Crippen molar-refractivity contribution in [2.24, 2.45) is 5.73 Å². The third-order valence-electron chi connectivity index (χ3n) is 2.05. The first-order valence-corrected chi connectivity index (χ1v) is 4.82. The van der Waals surface area contributed by atoms with Gasteiger partial charge in [0, 0.05) is 6.42 Å². The van der Waals surface area contributed by atoms with Crippen LogP contribution in [-0.2, 0) is 4.79 Å². The second kappa shape index (κ2) is 5.64. The summed E-state index contributed by atoms with van der Waals surface area (Å²) in [5, 5.41) is 10.8. The van der Waals surface area contributed by atoms with Gasteiger partial charge >= 0.3 is 0 Å². The van der Waals surface area contributed by atoms with Gasteiger partial charge in [0.25, 0.3) is 5.69 Å². The zero-order chi connectivity index (χ0) is 12.8. The highest BCUT2D eigenvalue weighted by atomic mass is 16.6. The number of nitro benzene ring substituents is 1. The number of amides is 1. The highest BCUT2D eigenvalue weighted by Gasteiger charge is 2.12. The molecule has 1 amide bonds. The summed E-state index contributed by atoms with van der Waals surface area (Å²) >= 11 is 0. The number of hydrogen-bond donors (Lipinski definition) is 1. The van der Waals surface area contributed by atoms with Gasteiger partial charge in [-0.25, -0.2) is 0 Å². The minimum Gasteiger partial charge on any atom is -0.497 e. The van der Waals surface area contributed by atoms with Crippen LogP contribution in [0.3, 0.4) is 0 Å². The van der Waals surface area contributed by atoms with Crippen molar-refractivity contribution in [3.05, 3.63) is 40.0 Å². The summed E-state index contributed by atoms with van der Waals surface area (Å²) in [6, 6.07) is 4.48. The van der Waals surface area contributed by atoms with Crippen molar-refractivity contribution in [3.63, 3.8) is 0 Å². The highest BCUT2D eigenvalue weighted by Crippen LogP contribution is 2.25. The first kappa shape index (κ1) is 12.7. The van der Waals surface area contributed by atoms with Crippen molar-refractivity contribution < 1.29 is 14.5 Å². The summed E-state index contributed by atoms with van der Waals surface area (Å²) in [6.45, 7) is 0. The summed E-state index contributed by atoms with van der Waals surface area (Å²) in [5.41, 5.74) is 5.28. The molecule has 1 aromatic carbocycles. The Morgan fingerprint density at radius 1 is 1.59 bits per heavy atom. The number of hydrogen-bond acceptors (Lipinski definition) is 4. The van der Waals surface area contributed by atoms with Crippen LogP contribution >= 0.6 is 0 Å². The lowest BCUT2D eigenvalue weighted by atomic mass is 10.1. The monoisotopic (exact) mass is 236 g/mol. The Hall–Kier alpha value is -2.37. The van der Waals surface area contributed by atoms with E-state index in [9.17, 15) is 14.9 Å². The Kier molecular flexibility index (Phi) is 4.21. The van der Waals surface area contributed by atoms with Crippen LogP contribution in [-0.4, -0.2) is 17.9 Å². The molecule has 0 aliphatic rings. The second-order valence-electron chi connectivity index (χ2n) is 3.25. The van der Waals surface area contributed by atoms with Crippen molar-refractivity contribution in [2.75, 3.05) is 7.11 Å². The van der Waals surface area contributed by atoms with E-state index in [0.717, 1.165) is 0 Å². The summed E-state index contributed by atoms with van der Waals surface area (Å²) < 4.78 is 4.90. The average Bonchev–Trinajstić information content (AvgIpc) is 2.28. The Labute approximate surface area is 97.8 Å². The predicted molar refractivity (Wildman–Crippen MR) is 62.5 cm³/mol. The van der Waals surface area contributed by atoms with Crippen LogP contribution in [0.25, 0.3) is 6.08 Å². The lowest BCUT2D eigenvalue weighted by Gasteiger charge is -2.01. The molecule has 17 heavy (non-hydrogen) atoms. The quantitative estimate of drug-likeness (QED) is 0.618. The molecule has 0 fully saturated rings. The van der Waals surface area contributed by atoms with E-state index in [1.165, 1.54) is 25.3 Å². The van der Waals surface area contributed by atoms with Gasteiger partial charge in [0.05, 0.1) is 23.7 Å². The molecule has 0 aliphatic heterocycles. The SMILES string of the molecule is COc1ccc(C=CCC(N)=O)c([N+](=O)[O-])c1. The molecular weight excluding hydrogens is 224 g/mol. The number of nitro groups is 1. The fraction of sp³-hybridized carbons (Fsp3) is 0.182. The average molecular weight is 236 g/mol. The molecule has 1 rings (SSSR count). The van der Waals surface area contributed by atoms with Crippen LogP contribution in [0.5, 0.6) is 5.75 Å². The molecule has 6 nitrogen and oxygen atoms in total. The van der Waals surface area contributed by atoms with Gasteiger partial charge in [-0.05, 0) is 12.1 Å². The first-order valence-electron chi connectivity index (χ1n) is 4.82. The number of benzene rings is 1. The van der Waals surface area contributed by atoms with Crippen molar-refractivity contribution >= 4 is 17.7 Å². The van der Waals surface area contributed by atoms with Gasteiger partial charge in [-0.2, -0.15) is 0 Å². The topological polar surface area (TPSA) is 95.5 Å². The third-order valence-corrected chi connectivity index (χ3v) is 2.05. The Morgan fingerprint density at radius 3 is 2.82 bits per heavy atom. The third kappa shape index (κ3) is 3.60. The number of ether oxygens (including phenoxy) is 1. The Morgan fingerprint density at radius 2 is 2.29 bits per heavy atom. The lowest BCUT2D eigenvalue weighted by molar-refractivity contribution is -0.385. The Balaban J connectivity index is 3.02. The maximum atomic E-state index is 10.8. The number of nitrogens with two attached hydrogens (primary N) is 1. The van der Waals surface area contributed by atoms with Crippen molar-refractivity contribution in [3.8, 4) is 5.75 Å². The molecule has 0 aromatic heterocycles.